The van der Waals surface area contributed by atoms with E-state index in [0.29, 0.717) is 54.3 Å². The van der Waals surface area contributed by atoms with Crippen LogP contribution in [0.2, 0.25) is 5.02 Å². The monoisotopic (exact) mass is 567 g/mol. The van der Waals surface area contributed by atoms with Crippen molar-refractivity contribution < 1.29 is 9.90 Å². The number of hydrogen-bond acceptors (Lipinski definition) is 12. The Hall–Kier alpha value is -3.75. The average Bonchev–Trinajstić information content (AvgIpc) is 3.30. The number of rotatable bonds is 7. The number of aromatic hydroxyl groups is 1. The quantitative estimate of drug-likeness (QED) is 0.199. The van der Waals surface area contributed by atoms with E-state index in [1.165, 1.54) is 6.07 Å². The van der Waals surface area contributed by atoms with E-state index >= 15 is 0 Å². The van der Waals surface area contributed by atoms with Crippen molar-refractivity contribution in [2.75, 3.05) is 46.6 Å². The SMILES string of the molecule is NC[C@H]1C[C@@H](N)CN1c1nc(Nc2ccc(NC(=O)c3ccc(Cl)cc3)c(O)c2)nc(N2C[C@H](N)C[C@H](N)C2)n1. The third-order valence-corrected chi connectivity index (χ3v) is 7.25. The van der Waals surface area contributed by atoms with Crippen LogP contribution < -0.4 is 43.4 Å². The summed E-state index contributed by atoms with van der Waals surface area (Å²) in [5.41, 5.74) is 25.9. The van der Waals surface area contributed by atoms with Crippen molar-refractivity contribution >= 4 is 46.7 Å². The van der Waals surface area contributed by atoms with Crippen LogP contribution in [0.1, 0.15) is 23.2 Å². The first-order valence-electron chi connectivity index (χ1n) is 13.1. The molecule has 0 radical (unpaired) electrons. The summed E-state index contributed by atoms with van der Waals surface area (Å²) in [4.78, 5) is 30.6. The van der Waals surface area contributed by atoms with Gasteiger partial charge in [0, 0.05) is 72.7 Å². The Morgan fingerprint density at radius 3 is 2.30 bits per heavy atom. The Morgan fingerprint density at radius 1 is 0.950 bits per heavy atom. The van der Waals surface area contributed by atoms with E-state index in [1.54, 1.807) is 36.4 Å². The van der Waals surface area contributed by atoms with Crippen LogP contribution in [0.4, 0.5) is 29.2 Å². The van der Waals surface area contributed by atoms with Crippen LogP contribution in [0.25, 0.3) is 0 Å². The summed E-state index contributed by atoms with van der Waals surface area (Å²) in [7, 11) is 0. The van der Waals surface area contributed by atoms with E-state index in [4.69, 9.17) is 39.5 Å². The molecular weight excluding hydrogens is 534 g/mol. The summed E-state index contributed by atoms with van der Waals surface area (Å²) < 4.78 is 0. The molecule has 1 aromatic heterocycles. The fourth-order valence-corrected chi connectivity index (χ4v) is 5.21. The molecule has 3 aromatic rings. The first kappa shape index (κ1) is 27.8. The number of nitrogens with two attached hydrogens (primary N) is 4. The minimum absolute atomic E-state index is 0.00320. The molecule has 0 bridgehead atoms. The predicted molar refractivity (Wildman–Crippen MR) is 156 cm³/mol. The van der Waals surface area contributed by atoms with Crippen molar-refractivity contribution in [3.8, 4) is 5.75 Å². The number of anilines is 5. The predicted octanol–water partition coefficient (Wildman–Crippen LogP) is 0.956. The molecule has 0 spiro atoms. The number of phenolic OH excluding ortho intramolecular Hbond substituents is 1. The van der Waals surface area contributed by atoms with Crippen LogP contribution in [-0.2, 0) is 0 Å². The second-order valence-corrected chi connectivity index (χ2v) is 10.7. The standard InChI is InChI=1S/C26H34ClN11O2/c27-15-3-1-14(2-4-15)23(40)33-21-6-5-19(9-22(21)39)32-24-34-25(37-11-16(29)7-17(30)12-37)36-26(35-24)38-13-18(31)8-20(38)10-28/h1-6,9,16-18,20,39H,7-8,10-13,28-31H2,(H,33,40)(H,32,34,35,36)/t16-,17+,18-,20-/m1/s1. The number of halogens is 1. The molecule has 2 saturated heterocycles. The molecule has 11 N–H and O–H groups in total. The highest BCUT2D eigenvalue weighted by Gasteiger charge is 2.33. The lowest BCUT2D eigenvalue weighted by Crippen LogP contribution is -2.53. The van der Waals surface area contributed by atoms with Gasteiger partial charge in [-0.25, -0.2) is 0 Å². The number of benzene rings is 2. The third-order valence-electron chi connectivity index (χ3n) is 6.99. The normalized spacial score (nSPS) is 22.8. The molecule has 0 unspecified atom stereocenters. The zero-order chi connectivity index (χ0) is 28.4. The van der Waals surface area contributed by atoms with Gasteiger partial charge in [0.15, 0.2) is 0 Å². The molecule has 0 aliphatic carbocycles. The van der Waals surface area contributed by atoms with E-state index < -0.39 is 0 Å². The zero-order valence-electron chi connectivity index (χ0n) is 21.9. The fraction of sp³-hybridized carbons (Fsp3) is 0.385. The summed E-state index contributed by atoms with van der Waals surface area (Å²) in [5, 5.41) is 17.0. The topological polar surface area (TPSA) is 211 Å². The third kappa shape index (κ3) is 6.35. The Balaban J connectivity index is 1.40. The second kappa shape index (κ2) is 11.8. The van der Waals surface area contributed by atoms with Gasteiger partial charge >= 0.3 is 0 Å². The smallest absolute Gasteiger partial charge is 0.255 e. The lowest BCUT2D eigenvalue weighted by atomic mass is 10.0. The maximum absolute atomic E-state index is 12.6. The zero-order valence-corrected chi connectivity index (χ0v) is 22.6. The van der Waals surface area contributed by atoms with Crippen molar-refractivity contribution in [2.24, 2.45) is 22.9 Å². The van der Waals surface area contributed by atoms with Crippen LogP contribution in [0.3, 0.4) is 0 Å². The molecule has 212 valence electrons. The molecule has 2 aromatic carbocycles. The lowest BCUT2D eigenvalue weighted by Gasteiger charge is -2.35. The second-order valence-electron chi connectivity index (χ2n) is 10.3. The van der Waals surface area contributed by atoms with Crippen molar-refractivity contribution in [1.29, 1.82) is 0 Å². The first-order chi connectivity index (χ1) is 19.2. The maximum Gasteiger partial charge on any atom is 0.255 e. The Labute approximate surface area is 236 Å². The van der Waals surface area contributed by atoms with Gasteiger partial charge in [-0.2, -0.15) is 15.0 Å². The summed E-state index contributed by atoms with van der Waals surface area (Å²) in [6.45, 7) is 2.08. The molecule has 0 saturated carbocycles. The van der Waals surface area contributed by atoms with Gasteiger partial charge in [-0.15, -0.1) is 0 Å². The van der Waals surface area contributed by atoms with Crippen LogP contribution in [0.15, 0.2) is 42.5 Å². The molecule has 1 amide bonds. The number of phenols is 1. The number of hydrogen-bond donors (Lipinski definition) is 7. The number of nitrogens with one attached hydrogen (secondary N) is 2. The fourth-order valence-electron chi connectivity index (χ4n) is 5.08. The first-order valence-corrected chi connectivity index (χ1v) is 13.5. The minimum atomic E-state index is -0.379. The van der Waals surface area contributed by atoms with Gasteiger partial charge in [0.05, 0.1) is 5.69 Å². The largest absolute Gasteiger partial charge is 0.506 e. The van der Waals surface area contributed by atoms with Gasteiger partial charge in [-0.3, -0.25) is 4.79 Å². The highest BCUT2D eigenvalue weighted by Crippen LogP contribution is 2.30. The van der Waals surface area contributed by atoms with E-state index in [2.05, 4.69) is 20.6 Å². The molecule has 13 nitrogen and oxygen atoms in total. The van der Waals surface area contributed by atoms with Crippen molar-refractivity contribution in [2.45, 2.75) is 37.0 Å². The summed E-state index contributed by atoms with van der Waals surface area (Å²) in [5.74, 6) is 0.630. The number of carbonyl (C=O) groups excluding carboxylic acids is 1. The summed E-state index contributed by atoms with van der Waals surface area (Å²) in [6, 6.07) is 10.9. The van der Waals surface area contributed by atoms with Gasteiger partial charge in [-0.05, 0) is 49.2 Å². The highest BCUT2D eigenvalue weighted by molar-refractivity contribution is 6.30. The molecule has 4 atom stereocenters. The van der Waals surface area contributed by atoms with E-state index in [9.17, 15) is 9.90 Å². The van der Waals surface area contributed by atoms with Crippen LogP contribution in [0, 0.1) is 0 Å². The van der Waals surface area contributed by atoms with Gasteiger partial charge < -0.3 is 48.5 Å². The Morgan fingerprint density at radius 2 is 1.62 bits per heavy atom. The number of aromatic nitrogens is 3. The highest BCUT2D eigenvalue weighted by atomic mass is 35.5. The van der Waals surface area contributed by atoms with Crippen molar-refractivity contribution in [1.82, 2.24) is 15.0 Å². The Bertz CT molecular complexity index is 1350. The summed E-state index contributed by atoms with van der Waals surface area (Å²) in [6.07, 6.45) is 1.45. The molecule has 5 rings (SSSR count). The van der Waals surface area contributed by atoms with Crippen molar-refractivity contribution in [3.63, 3.8) is 0 Å². The van der Waals surface area contributed by atoms with Crippen molar-refractivity contribution in [3.05, 3.63) is 53.1 Å². The van der Waals surface area contributed by atoms with Crippen LogP contribution in [0.5, 0.6) is 5.75 Å². The van der Waals surface area contributed by atoms with E-state index in [1.807, 2.05) is 9.80 Å². The van der Waals surface area contributed by atoms with Gasteiger partial charge in [0.1, 0.15) is 5.75 Å². The Kier molecular flexibility index (Phi) is 8.19. The van der Waals surface area contributed by atoms with Crippen LogP contribution >= 0.6 is 11.6 Å². The molecular formula is C26H34ClN11O2. The van der Waals surface area contributed by atoms with Gasteiger partial charge in [0.25, 0.3) is 5.91 Å². The van der Waals surface area contributed by atoms with E-state index in [-0.39, 0.29) is 47.5 Å². The van der Waals surface area contributed by atoms with Gasteiger partial charge in [-0.1, -0.05) is 11.6 Å². The average molecular weight is 568 g/mol. The molecule has 3 heterocycles. The molecule has 2 aliphatic rings. The maximum atomic E-state index is 12.6. The van der Waals surface area contributed by atoms with E-state index in [0.717, 1.165) is 12.8 Å². The molecule has 40 heavy (non-hydrogen) atoms. The lowest BCUT2D eigenvalue weighted by molar-refractivity contribution is 0.102. The molecule has 14 heteroatoms. The minimum Gasteiger partial charge on any atom is -0.506 e. The summed E-state index contributed by atoms with van der Waals surface area (Å²) >= 11 is 5.90. The van der Waals surface area contributed by atoms with Crippen LogP contribution in [-0.4, -0.2) is 76.3 Å². The molecule has 2 fully saturated rings. The number of piperidine rings is 1. The number of nitrogens with zero attached hydrogens (tertiary/aromatic N) is 5. The molecule has 2 aliphatic heterocycles. The number of carbonyl (C=O) groups is 1. The number of amides is 1. The van der Waals surface area contributed by atoms with Gasteiger partial charge in [0.2, 0.25) is 17.8 Å².